The van der Waals surface area contributed by atoms with E-state index >= 15 is 0 Å². The van der Waals surface area contributed by atoms with Gasteiger partial charge >= 0.3 is 6.18 Å². The zero-order valence-corrected chi connectivity index (χ0v) is 10.6. The highest BCUT2D eigenvalue weighted by molar-refractivity contribution is 5.32. The van der Waals surface area contributed by atoms with Gasteiger partial charge in [0, 0.05) is 6.04 Å². The molecule has 4 heteroatoms. The van der Waals surface area contributed by atoms with Crippen LogP contribution in [0.5, 0.6) is 0 Å². The molecule has 18 heavy (non-hydrogen) atoms. The van der Waals surface area contributed by atoms with Gasteiger partial charge in [0.25, 0.3) is 0 Å². The van der Waals surface area contributed by atoms with Crippen LogP contribution in [0.2, 0.25) is 0 Å². The molecular formula is C14H18F3N. The van der Waals surface area contributed by atoms with Crippen LogP contribution < -0.4 is 5.32 Å². The summed E-state index contributed by atoms with van der Waals surface area (Å²) in [5.41, 5.74) is 0.110. The van der Waals surface area contributed by atoms with Gasteiger partial charge in [-0.2, -0.15) is 13.2 Å². The summed E-state index contributed by atoms with van der Waals surface area (Å²) in [5.74, 6) is 0. The molecule has 100 valence electrons. The smallest absolute Gasteiger partial charge is 0.317 e. The Morgan fingerprint density at radius 3 is 2.61 bits per heavy atom. The molecule has 2 atom stereocenters. The van der Waals surface area contributed by atoms with Crippen LogP contribution >= 0.6 is 0 Å². The average molecular weight is 257 g/mol. The van der Waals surface area contributed by atoms with Gasteiger partial charge < -0.3 is 5.32 Å². The maximum absolute atomic E-state index is 12.7. The van der Waals surface area contributed by atoms with Gasteiger partial charge in [0.15, 0.2) is 0 Å². The minimum Gasteiger partial charge on any atom is -0.317 e. The van der Waals surface area contributed by atoms with Crippen LogP contribution in [0.25, 0.3) is 0 Å². The molecule has 1 fully saturated rings. The Hall–Kier alpha value is -1.03. The molecule has 1 nitrogen and oxygen atoms in total. The molecule has 0 amide bonds. The maximum atomic E-state index is 12.7. The third-order valence-corrected chi connectivity index (χ3v) is 4.04. The zero-order valence-electron chi connectivity index (χ0n) is 10.6. The number of halogens is 3. The van der Waals surface area contributed by atoms with Crippen LogP contribution in [0.4, 0.5) is 13.2 Å². The first-order valence-electron chi connectivity index (χ1n) is 6.20. The Labute approximate surface area is 105 Å². The fourth-order valence-corrected chi connectivity index (χ4v) is 2.82. The molecule has 2 unspecified atom stereocenters. The monoisotopic (exact) mass is 257 g/mol. The predicted octanol–water partition coefficient (Wildman–Crippen LogP) is 3.74. The Morgan fingerprint density at radius 2 is 2.06 bits per heavy atom. The second-order valence-electron chi connectivity index (χ2n) is 5.37. The number of hydrogen-bond donors (Lipinski definition) is 1. The third-order valence-electron chi connectivity index (χ3n) is 4.04. The molecule has 0 aromatic heterocycles. The second kappa shape index (κ2) is 4.57. The zero-order chi connectivity index (χ0) is 13.4. The molecule has 0 saturated heterocycles. The van der Waals surface area contributed by atoms with E-state index in [1.165, 1.54) is 12.1 Å². The molecule has 1 N–H and O–H groups in total. The van der Waals surface area contributed by atoms with Crippen molar-refractivity contribution in [2.75, 3.05) is 7.05 Å². The van der Waals surface area contributed by atoms with Gasteiger partial charge in [0.1, 0.15) is 0 Å². The highest BCUT2D eigenvalue weighted by Crippen LogP contribution is 2.42. The van der Waals surface area contributed by atoms with Gasteiger partial charge in [-0.05, 0) is 43.4 Å². The van der Waals surface area contributed by atoms with Crippen LogP contribution in [0.1, 0.15) is 37.3 Å². The summed E-state index contributed by atoms with van der Waals surface area (Å²) in [7, 11) is 1.91. The maximum Gasteiger partial charge on any atom is 0.416 e. The minimum absolute atomic E-state index is 0.144. The van der Waals surface area contributed by atoms with Crippen molar-refractivity contribution >= 4 is 0 Å². The van der Waals surface area contributed by atoms with Crippen molar-refractivity contribution in [2.24, 2.45) is 0 Å². The summed E-state index contributed by atoms with van der Waals surface area (Å²) < 4.78 is 38.1. The standard InChI is InChI=1S/C14H18F3N/c1-13(7-6-12(9-13)18-2)10-4-3-5-11(8-10)14(15,16)17/h3-5,8,12,18H,6-7,9H2,1-2H3. The second-order valence-corrected chi connectivity index (χ2v) is 5.37. The summed E-state index contributed by atoms with van der Waals surface area (Å²) in [4.78, 5) is 0. The van der Waals surface area contributed by atoms with E-state index in [9.17, 15) is 13.2 Å². The molecule has 0 aliphatic heterocycles. The fraction of sp³-hybridized carbons (Fsp3) is 0.571. The van der Waals surface area contributed by atoms with E-state index < -0.39 is 11.7 Å². The molecule has 1 aromatic rings. The molecule has 0 bridgehead atoms. The Kier molecular flexibility index (Phi) is 3.41. The highest BCUT2D eigenvalue weighted by Gasteiger charge is 2.37. The highest BCUT2D eigenvalue weighted by atomic mass is 19.4. The van der Waals surface area contributed by atoms with Crippen molar-refractivity contribution in [2.45, 2.75) is 43.8 Å². The van der Waals surface area contributed by atoms with E-state index in [0.717, 1.165) is 30.9 Å². The van der Waals surface area contributed by atoms with Crippen LogP contribution in [-0.4, -0.2) is 13.1 Å². The van der Waals surface area contributed by atoms with E-state index in [4.69, 9.17) is 0 Å². The molecular weight excluding hydrogens is 239 g/mol. The lowest BCUT2D eigenvalue weighted by Crippen LogP contribution is -2.26. The summed E-state index contributed by atoms with van der Waals surface area (Å²) in [6, 6.07) is 6.17. The number of benzene rings is 1. The fourth-order valence-electron chi connectivity index (χ4n) is 2.82. The van der Waals surface area contributed by atoms with E-state index in [1.807, 2.05) is 13.1 Å². The molecule has 0 heterocycles. The van der Waals surface area contributed by atoms with Gasteiger partial charge in [0.2, 0.25) is 0 Å². The first-order chi connectivity index (χ1) is 8.35. The quantitative estimate of drug-likeness (QED) is 0.851. The Balaban J connectivity index is 2.29. The lowest BCUT2D eigenvalue weighted by molar-refractivity contribution is -0.137. The number of alkyl halides is 3. The Bertz CT molecular complexity index is 427. The molecule has 1 saturated carbocycles. The van der Waals surface area contributed by atoms with Crippen molar-refractivity contribution < 1.29 is 13.2 Å². The van der Waals surface area contributed by atoms with Crippen LogP contribution in [0.15, 0.2) is 24.3 Å². The molecule has 1 aliphatic carbocycles. The number of rotatable bonds is 2. The first-order valence-corrected chi connectivity index (χ1v) is 6.20. The average Bonchev–Trinajstić information content (AvgIpc) is 2.72. The van der Waals surface area contributed by atoms with Crippen molar-refractivity contribution in [3.63, 3.8) is 0 Å². The van der Waals surface area contributed by atoms with Crippen LogP contribution in [-0.2, 0) is 11.6 Å². The number of nitrogens with one attached hydrogen (secondary N) is 1. The summed E-state index contributed by atoms with van der Waals surface area (Å²) in [6.45, 7) is 2.06. The van der Waals surface area contributed by atoms with Gasteiger partial charge in [-0.25, -0.2) is 0 Å². The first kappa shape index (κ1) is 13.4. The van der Waals surface area contributed by atoms with E-state index in [2.05, 4.69) is 12.2 Å². The summed E-state index contributed by atoms with van der Waals surface area (Å²) >= 11 is 0. The summed E-state index contributed by atoms with van der Waals surface area (Å²) in [5, 5.41) is 3.21. The van der Waals surface area contributed by atoms with E-state index in [0.29, 0.717) is 6.04 Å². The van der Waals surface area contributed by atoms with Gasteiger partial charge in [0.05, 0.1) is 5.56 Å². The largest absolute Gasteiger partial charge is 0.416 e. The van der Waals surface area contributed by atoms with Crippen molar-refractivity contribution in [3.8, 4) is 0 Å². The Morgan fingerprint density at radius 1 is 1.33 bits per heavy atom. The SMILES string of the molecule is CNC1CCC(C)(c2cccc(C(F)(F)F)c2)C1. The lowest BCUT2D eigenvalue weighted by atomic mass is 9.80. The van der Waals surface area contributed by atoms with Gasteiger partial charge in [-0.15, -0.1) is 0 Å². The minimum atomic E-state index is -4.26. The topological polar surface area (TPSA) is 12.0 Å². The molecule has 0 radical (unpaired) electrons. The van der Waals surface area contributed by atoms with Crippen LogP contribution in [0, 0.1) is 0 Å². The third kappa shape index (κ3) is 2.53. The van der Waals surface area contributed by atoms with E-state index in [1.54, 1.807) is 0 Å². The van der Waals surface area contributed by atoms with Crippen molar-refractivity contribution in [1.82, 2.24) is 5.32 Å². The van der Waals surface area contributed by atoms with Crippen molar-refractivity contribution in [3.05, 3.63) is 35.4 Å². The number of hydrogen-bond acceptors (Lipinski definition) is 1. The van der Waals surface area contributed by atoms with Crippen molar-refractivity contribution in [1.29, 1.82) is 0 Å². The van der Waals surface area contributed by atoms with Gasteiger partial charge in [-0.3, -0.25) is 0 Å². The summed E-state index contributed by atoms with van der Waals surface area (Å²) in [6.07, 6.45) is -1.42. The lowest BCUT2D eigenvalue weighted by Gasteiger charge is -2.25. The molecule has 0 spiro atoms. The van der Waals surface area contributed by atoms with Crippen LogP contribution in [0.3, 0.4) is 0 Å². The molecule has 1 aliphatic rings. The van der Waals surface area contributed by atoms with Gasteiger partial charge in [-0.1, -0.05) is 25.1 Å². The van der Waals surface area contributed by atoms with E-state index in [-0.39, 0.29) is 5.41 Å². The molecule has 2 rings (SSSR count). The normalized spacial score (nSPS) is 28.6. The molecule has 1 aromatic carbocycles. The predicted molar refractivity (Wildman–Crippen MR) is 65.5 cm³/mol.